The van der Waals surface area contributed by atoms with Crippen LogP contribution in [0.4, 0.5) is 11.5 Å². The fraction of sp³-hybridized carbons (Fsp3) is 0.409. The van der Waals surface area contributed by atoms with Crippen LogP contribution in [0.5, 0.6) is 0 Å². The highest BCUT2D eigenvalue weighted by Crippen LogP contribution is 2.24. The third kappa shape index (κ3) is 3.86. The summed E-state index contributed by atoms with van der Waals surface area (Å²) in [6.07, 6.45) is 3.61. The molecule has 0 aliphatic carbocycles. The molecule has 6 heteroatoms. The lowest BCUT2D eigenvalue weighted by atomic mass is 9.96. The summed E-state index contributed by atoms with van der Waals surface area (Å²) in [5.41, 5.74) is 2.07. The van der Waals surface area contributed by atoms with E-state index in [0.717, 1.165) is 30.9 Å². The van der Waals surface area contributed by atoms with E-state index in [1.165, 1.54) is 5.56 Å². The van der Waals surface area contributed by atoms with Crippen LogP contribution in [0, 0.1) is 12.8 Å². The number of hydrogen-bond acceptors (Lipinski definition) is 4. The number of benzene rings is 1. The molecule has 0 spiro atoms. The van der Waals surface area contributed by atoms with Crippen molar-refractivity contribution >= 4 is 23.3 Å². The molecule has 0 N–H and O–H groups in total. The number of aryl methyl sites for hydroxylation is 1. The number of amides is 2. The summed E-state index contributed by atoms with van der Waals surface area (Å²) >= 11 is 0. The molecule has 1 atom stereocenters. The Morgan fingerprint density at radius 1 is 1.07 bits per heavy atom. The second-order valence-corrected chi connectivity index (χ2v) is 7.61. The third-order valence-corrected chi connectivity index (χ3v) is 5.62. The van der Waals surface area contributed by atoms with Crippen LogP contribution >= 0.6 is 0 Å². The molecule has 3 heterocycles. The van der Waals surface area contributed by atoms with Crippen molar-refractivity contribution in [3.8, 4) is 0 Å². The number of anilines is 2. The van der Waals surface area contributed by atoms with Crippen LogP contribution in [0.25, 0.3) is 0 Å². The minimum Gasteiger partial charge on any atom is -0.356 e. The predicted molar refractivity (Wildman–Crippen MR) is 109 cm³/mol. The molecule has 146 valence electrons. The fourth-order valence-electron chi connectivity index (χ4n) is 4.04. The van der Waals surface area contributed by atoms with E-state index < -0.39 is 0 Å². The van der Waals surface area contributed by atoms with Gasteiger partial charge in [-0.3, -0.25) is 9.59 Å². The number of carbonyl (C=O) groups excluding carboxylic acids is 2. The second-order valence-electron chi connectivity index (χ2n) is 7.61. The Hall–Kier alpha value is -2.89. The number of hydrogen-bond donors (Lipinski definition) is 0. The average molecular weight is 378 g/mol. The lowest BCUT2D eigenvalue weighted by molar-refractivity contribution is -0.140. The Balaban J connectivity index is 1.39. The number of pyridine rings is 1. The molecule has 2 saturated heterocycles. The van der Waals surface area contributed by atoms with E-state index in [2.05, 4.69) is 9.88 Å². The summed E-state index contributed by atoms with van der Waals surface area (Å²) in [4.78, 5) is 35.9. The van der Waals surface area contributed by atoms with E-state index in [1.807, 2.05) is 49.4 Å². The van der Waals surface area contributed by atoms with Crippen molar-refractivity contribution in [2.24, 2.45) is 5.92 Å². The van der Waals surface area contributed by atoms with E-state index in [1.54, 1.807) is 16.0 Å². The summed E-state index contributed by atoms with van der Waals surface area (Å²) in [7, 11) is 0. The molecule has 1 aromatic carbocycles. The Labute approximate surface area is 165 Å². The van der Waals surface area contributed by atoms with E-state index in [-0.39, 0.29) is 24.3 Å². The van der Waals surface area contributed by atoms with Crippen molar-refractivity contribution in [2.75, 3.05) is 42.5 Å². The van der Waals surface area contributed by atoms with Gasteiger partial charge >= 0.3 is 0 Å². The quantitative estimate of drug-likeness (QED) is 0.823. The van der Waals surface area contributed by atoms with Gasteiger partial charge in [-0.15, -0.1) is 0 Å². The Bertz CT molecular complexity index is 837. The van der Waals surface area contributed by atoms with Crippen LogP contribution in [-0.2, 0) is 9.59 Å². The van der Waals surface area contributed by atoms with E-state index in [0.29, 0.717) is 19.6 Å². The number of nitrogens with zero attached hydrogens (tertiary/aromatic N) is 4. The minimum atomic E-state index is -0.0746. The van der Waals surface area contributed by atoms with Crippen LogP contribution in [0.15, 0.2) is 48.7 Å². The van der Waals surface area contributed by atoms with Gasteiger partial charge in [-0.25, -0.2) is 4.98 Å². The molecule has 0 unspecified atom stereocenters. The highest BCUT2D eigenvalue weighted by atomic mass is 16.2. The van der Waals surface area contributed by atoms with Crippen molar-refractivity contribution in [3.05, 3.63) is 54.2 Å². The molecule has 2 aliphatic heterocycles. The molecule has 0 saturated carbocycles. The van der Waals surface area contributed by atoms with Gasteiger partial charge in [-0.05, 0) is 44.0 Å². The first kappa shape index (κ1) is 18.5. The summed E-state index contributed by atoms with van der Waals surface area (Å²) in [5.74, 6) is 0.924. The zero-order valence-electron chi connectivity index (χ0n) is 16.3. The normalized spacial score (nSPS) is 20.4. The molecule has 2 amide bonds. The standard InChI is InChI=1S/C22H26N4O2/c1-17-7-9-19(10-8-17)26-14-13-25(16-21(26)27)22(28)18-5-4-12-24(15-18)20-6-2-3-11-23-20/h2-3,6-11,18H,4-5,12-16H2,1H3/t18-/m1/s1. The molecule has 0 radical (unpaired) electrons. The summed E-state index contributed by atoms with van der Waals surface area (Å²) in [6, 6.07) is 13.8. The van der Waals surface area contributed by atoms with Crippen LogP contribution in [0.3, 0.4) is 0 Å². The molecule has 2 fully saturated rings. The van der Waals surface area contributed by atoms with Gasteiger partial charge < -0.3 is 14.7 Å². The highest BCUT2D eigenvalue weighted by molar-refractivity contribution is 5.98. The predicted octanol–water partition coefficient (Wildman–Crippen LogP) is 2.48. The molecular formula is C22H26N4O2. The van der Waals surface area contributed by atoms with Crippen molar-refractivity contribution in [3.63, 3.8) is 0 Å². The largest absolute Gasteiger partial charge is 0.356 e. The molecular weight excluding hydrogens is 352 g/mol. The average Bonchev–Trinajstić information content (AvgIpc) is 2.75. The van der Waals surface area contributed by atoms with Crippen molar-refractivity contribution in [2.45, 2.75) is 19.8 Å². The minimum absolute atomic E-state index is 0.0131. The zero-order chi connectivity index (χ0) is 19.5. The highest BCUT2D eigenvalue weighted by Gasteiger charge is 2.34. The summed E-state index contributed by atoms with van der Waals surface area (Å²) < 4.78 is 0. The molecule has 2 aliphatic rings. The Kier molecular flexibility index (Phi) is 5.28. The Morgan fingerprint density at radius 3 is 2.61 bits per heavy atom. The van der Waals surface area contributed by atoms with Gasteiger partial charge in [0.2, 0.25) is 11.8 Å². The van der Waals surface area contributed by atoms with Gasteiger partial charge in [0.1, 0.15) is 12.4 Å². The maximum absolute atomic E-state index is 13.1. The smallest absolute Gasteiger partial charge is 0.246 e. The molecule has 6 nitrogen and oxygen atoms in total. The zero-order valence-corrected chi connectivity index (χ0v) is 16.3. The van der Waals surface area contributed by atoms with Gasteiger partial charge in [0.15, 0.2) is 0 Å². The van der Waals surface area contributed by atoms with Gasteiger partial charge in [-0.2, -0.15) is 0 Å². The van der Waals surface area contributed by atoms with Gasteiger partial charge in [0.05, 0.1) is 5.92 Å². The first-order valence-corrected chi connectivity index (χ1v) is 9.93. The van der Waals surface area contributed by atoms with Crippen LogP contribution in [0.2, 0.25) is 0 Å². The summed E-state index contributed by atoms with van der Waals surface area (Å²) in [6.45, 7) is 4.90. The van der Waals surface area contributed by atoms with Crippen LogP contribution in [-0.4, -0.2) is 54.4 Å². The topological polar surface area (TPSA) is 56.8 Å². The van der Waals surface area contributed by atoms with Crippen LogP contribution < -0.4 is 9.80 Å². The van der Waals surface area contributed by atoms with Crippen molar-refractivity contribution in [1.82, 2.24) is 9.88 Å². The fourth-order valence-corrected chi connectivity index (χ4v) is 4.04. The number of piperidine rings is 1. The summed E-state index contributed by atoms with van der Waals surface area (Å²) in [5, 5.41) is 0. The molecule has 0 bridgehead atoms. The lowest BCUT2D eigenvalue weighted by Crippen LogP contribution is -2.55. The third-order valence-electron chi connectivity index (χ3n) is 5.62. The van der Waals surface area contributed by atoms with Crippen molar-refractivity contribution in [1.29, 1.82) is 0 Å². The van der Waals surface area contributed by atoms with E-state index in [9.17, 15) is 9.59 Å². The van der Waals surface area contributed by atoms with Crippen LogP contribution in [0.1, 0.15) is 18.4 Å². The molecule has 2 aromatic rings. The van der Waals surface area contributed by atoms with E-state index >= 15 is 0 Å². The molecule has 28 heavy (non-hydrogen) atoms. The number of piperazine rings is 1. The van der Waals surface area contributed by atoms with E-state index in [4.69, 9.17) is 0 Å². The first-order valence-electron chi connectivity index (χ1n) is 9.93. The number of rotatable bonds is 3. The number of aromatic nitrogens is 1. The molecule has 4 rings (SSSR count). The maximum Gasteiger partial charge on any atom is 0.246 e. The maximum atomic E-state index is 13.1. The van der Waals surface area contributed by atoms with Gasteiger partial charge in [-0.1, -0.05) is 23.8 Å². The van der Waals surface area contributed by atoms with Gasteiger partial charge in [0, 0.05) is 38.1 Å². The first-order chi connectivity index (χ1) is 13.6. The number of carbonyl (C=O) groups is 2. The molecule has 1 aromatic heterocycles. The monoisotopic (exact) mass is 378 g/mol. The SMILES string of the molecule is Cc1ccc(N2CCN(C(=O)[C@@H]3CCCN(c4ccccn4)C3)CC2=O)cc1. The Morgan fingerprint density at radius 2 is 1.89 bits per heavy atom. The van der Waals surface area contributed by atoms with Crippen molar-refractivity contribution < 1.29 is 9.59 Å². The second kappa shape index (κ2) is 8.00. The van der Waals surface area contributed by atoms with Gasteiger partial charge in [0.25, 0.3) is 0 Å². The lowest BCUT2D eigenvalue weighted by Gasteiger charge is -2.39.